The lowest BCUT2D eigenvalue weighted by Crippen LogP contribution is -2.45. The van der Waals surface area contributed by atoms with E-state index >= 15 is 0 Å². The standard InChI is InChI=1S/C53H68N9O20P3S2/c63-42(54-19-5-1-2-6-20-55-51-44-52(57-30-56-51)62(31-58-44)53-48(65)47(64)40(79-53)29-78-84(69,70)82-85(71,72)81-83(66,67)68)16-4-3-7-21-59-86(73,74)41-28-34(87(75,76)77)17-18-35(41)43-38-26-32-12-8-22-60-24-10-14-36(45(32)60)49(38)80-50-37-15-11-25-61-23-9-13-33(46(37)61)27-39(43)50/h17-18,26-28,30-31,40,47-48,53,59,64-65H,1-16,19-25,29H2,(H6-,54,55,56,57,63,66,67,68,69,70,71,72,75,76,77)/p+1/t40-,47-,48-,53-/m1/s1. The predicted octanol–water partition coefficient (Wildman–Crippen LogP) is 3.10. The number of imidazole rings is 1. The molecule has 2 unspecified atom stereocenters. The van der Waals surface area contributed by atoms with Gasteiger partial charge < -0.3 is 54.8 Å². The summed E-state index contributed by atoms with van der Waals surface area (Å²) >= 11 is 0. The quantitative estimate of drug-likeness (QED) is 0.0161. The highest BCUT2D eigenvalue weighted by Crippen LogP contribution is 2.66. The molecule has 6 aliphatic rings. The molecule has 11 rings (SSSR count). The van der Waals surface area contributed by atoms with Crippen LogP contribution < -0.4 is 40.1 Å². The summed E-state index contributed by atoms with van der Waals surface area (Å²) in [6.07, 6.45) is 8.01. The molecule has 3 aromatic carbocycles. The third kappa shape index (κ3) is 14.0. The summed E-state index contributed by atoms with van der Waals surface area (Å²) in [5, 5.41) is 29.5. The van der Waals surface area contributed by atoms with Crippen molar-refractivity contribution < 1.29 is 92.3 Å². The number of nitrogens with zero attached hydrogens (tertiary/aromatic N) is 6. The summed E-state index contributed by atoms with van der Waals surface area (Å²) in [4.78, 5) is 63.9. The molecule has 29 nitrogen and oxygen atoms in total. The van der Waals surface area contributed by atoms with E-state index < -0.39 is 79.7 Å². The van der Waals surface area contributed by atoms with Gasteiger partial charge in [-0.3, -0.25) is 18.4 Å². The Kier molecular flexibility index (Phi) is 18.7. The second-order valence-corrected chi connectivity index (χ2v) is 29.9. The van der Waals surface area contributed by atoms with Gasteiger partial charge in [-0.05, 0) is 94.0 Å². The molecule has 0 aliphatic carbocycles. The maximum Gasteiger partial charge on any atom is 0.490 e. The molecule has 0 saturated carbocycles. The van der Waals surface area contributed by atoms with Crippen molar-refractivity contribution in [3.63, 3.8) is 0 Å². The number of aryl methyl sites for hydroxylation is 2. The van der Waals surface area contributed by atoms with Gasteiger partial charge in [0, 0.05) is 90.7 Å². The number of aliphatic hydroxyl groups is 2. The Labute approximate surface area is 500 Å². The zero-order valence-corrected chi connectivity index (χ0v) is 51.4. The van der Waals surface area contributed by atoms with Gasteiger partial charge in [-0.25, -0.2) is 46.4 Å². The van der Waals surface area contributed by atoms with E-state index in [1.807, 2.05) is 0 Å². The number of nitrogens with one attached hydrogen (secondary N) is 3. The minimum absolute atomic E-state index is 0.0132. The average Bonchev–Trinajstić information content (AvgIpc) is 1.55. The van der Waals surface area contributed by atoms with Gasteiger partial charge in [0.15, 0.2) is 23.2 Å². The molecular formula is C53H69N9O20P3S2+. The Hall–Kier alpha value is -5.14. The van der Waals surface area contributed by atoms with Gasteiger partial charge in [0.05, 0.1) is 28.3 Å². The van der Waals surface area contributed by atoms with Crippen LogP contribution in [0, 0.1) is 0 Å². The number of aliphatic hydroxyl groups excluding tert-OH is 2. The number of phosphoric acid groups is 3. The molecule has 34 heteroatoms. The van der Waals surface area contributed by atoms with Crippen LogP contribution in [0.3, 0.4) is 0 Å². The number of benzene rings is 3. The summed E-state index contributed by atoms with van der Waals surface area (Å²) in [6.45, 7) is 3.74. The highest BCUT2D eigenvalue weighted by molar-refractivity contribution is 7.89. The molecule has 0 spiro atoms. The first-order valence-electron chi connectivity index (χ1n) is 28.9. The van der Waals surface area contributed by atoms with Crippen LogP contribution in [0.15, 0.2) is 52.8 Å². The Morgan fingerprint density at radius 2 is 1.47 bits per heavy atom. The number of carbonyl (C=O) groups excluding carboxylic acids is 1. The number of aromatic nitrogens is 4. The molecule has 8 heterocycles. The van der Waals surface area contributed by atoms with Gasteiger partial charge in [0.2, 0.25) is 21.3 Å². The topological polar surface area (TPSA) is 410 Å². The fraction of sp³-hybridized carbons (Fsp3) is 0.528. The van der Waals surface area contributed by atoms with Gasteiger partial charge in [-0.1, -0.05) is 25.3 Å². The van der Waals surface area contributed by atoms with Gasteiger partial charge in [-0.2, -0.15) is 17.0 Å². The summed E-state index contributed by atoms with van der Waals surface area (Å²) in [6, 6.07) is 8.09. The largest absolute Gasteiger partial charge is 0.490 e. The number of carbonyl (C=O) groups is 1. The number of phosphoric ester groups is 1. The van der Waals surface area contributed by atoms with E-state index in [0.717, 1.165) is 118 Å². The van der Waals surface area contributed by atoms with E-state index in [0.29, 0.717) is 73.6 Å². The zero-order valence-electron chi connectivity index (χ0n) is 47.1. The van der Waals surface area contributed by atoms with Crippen LogP contribution in [0.2, 0.25) is 0 Å². The molecule has 472 valence electrons. The Morgan fingerprint density at radius 1 is 0.759 bits per heavy atom. The Bertz CT molecular complexity index is 4030. The van der Waals surface area contributed by atoms with E-state index in [1.54, 1.807) is 0 Å². The van der Waals surface area contributed by atoms with Gasteiger partial charge >= 0.3 is 23.5 Å². The zero-order chi connectivity index (χ0) is 61.6. The molecule has 1 amide bonds. The number of anilines is 2. The number of rotatable bonds is 26. The van der Waals surface area contributed by atoms with E-state index in [4.69, 9.17) is 19.3 Å². The van der Waals surface area contributed by atoms with Crippen molar-refractivity contribution in [3.05, 3.63) is 86.9 Å². The van der Waals surface area contributed by atoms with Crippen LogP contribution in [0.1, 0.15) is 117 Å². The molecule has 87 heavy (non-hydrogen) atoms. The lowest BCUT2D eigenvalue weighted by atomic mass is 9.82. The average molecular weight is 1310 g/mol. The number of hydrogen-bond acceptors (Lipinski definition) is 20. The number of hydrogen-bond donors (Lipinski definition) is 10. The second kappa shape index (κ2) is 25.6. The van der Waals surface area contributed by atoms with E-state index in [1.165, 1.54) is 51.5 Å². The summed E-state index contributed by atoms with van der Waals surface area (Å²) in [5.41, 5.74) is 7.96. The minimum Gasteiger partial charge on any atom is -0.455 e. The van der Waals surface area contributed by atoms with E-state index in [9.17, 15) is 59.9 Å². The minimum atomic E-state index is -5.79. The summed E-state index contributed by atoms with van der Waals surface area (Å²) in [7, 11) is -26.2. The SMILES string of the molecule is O=C(CCCCCNS(=O)(=O)c1cc(S(=O)(=O)O)ccc1C1=c2cc3c4c(c2Oc2c1cc1c5c2CCCN5CCC1)CCC[N+]=4CCC3)NCCCCCCNc1ncnc2c1ncn2[C@@H]1O[C@H](COP(=O)(O)OP(=O)(O)OP(=O)(O)O)[C@@H](O)[C@H]1O. The molecule has 10 N–H and O–H groups in total. The van der Waals surface area contributed by atoms with Gasteiger partial charge in [-0.15, -0.1) is 0 Å². The van der Waals surface area contributed by atoms with Crippen LogP contribution in [0.25, 0.3) is 16.7 Å². The maximum atomic E-state index is 14.7. The first kappa shape index (κ1) is 63.4. The molecule has 0 bridgehead atoms. The van der Waals surface area contributed by atoms with Crippen LogP contribution in [0.4, 0.5) is 11.5 Å². The third-order valence-corrected chi connectivity index (χ3v) is 22.5. The number of amides is 1. The second-order valence-electron chi connectivity index (χ2n) is 22.4. The summed E-state index contributed by atoms with van der Waals surface area (Å²) in [5.74, 6) is 1.64. The van der Waals surface area contributed by atoms with Crippen LogP contribution in [0.5, 0.6) is 11.5 Å². The van der Waals surface area contributed by atoms with Crippen LogP contribution in [-0.4, -0.2) is 147 Å². The van der Waals surface area contributed by atoms with Crippen LogP contribution in [-0.2, 0) is 82.2 Å². The normalized spacial score (nSPS) is 21.3. The van der Waals surface area contributed by atoms with Crippen molar-refractivity contribution in [2.24, 2.45) is 0 Å². The number of unbranched alkanes of at least 4 members (excludes halogenated alkanes) is 5. The van der Waals surface area contributed by atoms with Crippen molar-refractivity contribution in [2.75, 3.05) is 62.6 Å². The third-order valence-electron chi connectivity index (χ3n) is 16.4. The fourth-order valence-corrected chi connectivity index (χ4v) is 17.6. The molecule has 6 aliphatic heterocycles. The molecule has 1 saturated heterocycles. The lowest BCUT2D eigenvalue weighted by molar-refractivity contribution is -0.121. The lowest BCUT2D eigenvalue weighted by Gasteiger charge is -2.39. The smallest absolute Gasteiger partial charge is 0.455 e. The highest BCUT2D eigenvalue weighted by Gasteiger charge is 2.47. The summed E-state index contributed by atoms with van der Waals surface area (Å²) < 4.78 is 131. The Morgan fingerprint density at radius 3 is 2.24 bits per heavy atom. The monoisotopic (exact) mass is 1310 g/mol. The van der Waals surface area contributed by atoms with Crippen molar-refractivity contribution in [3.8, 4) is 11.5 Å². The molecule has 5 aromatic rings. The molecular weight excluding hydrogens is 1240 g/mol. The number of ether oxygens (including phenoxy) is 2. The van der Waals surface area contributed by atoms with Crippen molar-refractivity contribution >= 4 is 77.8 Å². The maximum absolute atomic E-state index is 14.7. The van der Waals surface area contributed by atoms with Gasteiger partial charge in [0.1, 0.15) is 49.2 Å². The van der Waals surface area contributed by atoms with Crippen LogP contribution >= 0.6 is 23.5 Å². The fourth-order valence-electron chi connectivity index (χ4n) is 12.6. The molecule has 1 fully saturated rings. The molecule has 2 aromatic heterocycles. The first-order chi connectivity index (χ1) is 41.4. The number of sulfonamides is 1. The van der Waals surface area contributed by atoms with Crippen molar-refractivity contribution in [1.82, 2.24) is 34.1 Å². The van der Waals surface area contributed by atoms with E-state index in [2.05, 4.69) is 65.1 Å². The first-order valence-corrected chi connectivity index (χ1v) is 36.3. The van der Waals surface area contributed by atoms with Crippen molar-refractivity contribution in [1.29, 1.82) is 0 Å². The number of fused-ring (bicyclic) bond motifs is 5. The Balaban J connectivity index is 0.656. The molecule has 6 atom stereocenters. The van der Waals surface area contributed by atoms with Gasteiger partial charge in [0.25, 0.3) is 10.1 Å². The predicted molar refractivity (Wildman–Crippen MR) is 311 cm³/mol. The van der Waals surface area contributed by atoms with Crippen molar-refractivity contribution in [2.45, 2.75) is 137 Å². The van der Waals surface area contributed by atoms with E-state index in [-0.39, 0.29) is 34.9 Å². The highest BCUT2D eigenvalue weighted by atomic mass is 32.2. The molecule has 0 radical (unpaired) electrons.